The van der Waals surface area contributed by atoms with Gasteiger partial charge in [-0.1, -0.05) is 0 Å². The van der Waals surface area contributed by atoms with Crippen molar-refractivity contribution >= 4 is 46.8 Å². The van der Waals surface area contributed by atoms with Gasteiger partial charge in [-0.2, -0.15) is 13.2 Å². The number of amidine groups is 1. The van der Waals surface area contributed by atoms with Gasteiger partial charge in [-0.3, -0.25) is 19.8 Å². The highest BCUT2D eigenvalue weighted by Crippen LogP contribution is 2.24. The third-order valence-electron chi connectivity index (χ3n) is 4.17. The number of halogens is 4. The van der Waals surface area contributed by atoms with Crippen LogP contribution in [0.2, 0.25) is 0 Å². The molecule has 0 saturated carbocycles. The van der Waals surface area contributed by atoms with Crippen molar-refractivity contribution in [2.24, 2.45) is 11.7 Å². The van der Waals surface area contributed by atoms with Crippen LogP contribution in [0.1, 0.15) is 33.0 Å². The van der Waals surface area contributed by atoms with Gasteiger partial charge in [0, 0.05) is 23.3 Å². The normalized spacial score (nSPS) is 11.5. The molecule has 0 bridgehead atoms. The minimum atomic E-state index is -5.08. The van der Waals surface area contributed by atoms with Crippen LogP contribution in [0.3, 0.4) is 0 Å². The van der Waals surface area contributed by atoms with E-state index in [1.807, 2.05) is 0 Å². The van der Waals surface area contributed by atoms with E-state index in [2.05, 4.69) is 0 Å². The number of carboxylic acids is 3. The molecule has 37 heavy (non-hydrogen) atoms. The average Bonchev–Trinajstić information content (AvgIpc) is 3.22. The van der Waals surface area contributed by atoms with E-state index in [4.69, 9.17) is 36.0 Å². The molecule has 1 atom stereocenters. The van der Waals surface area contributed by atoms with Crippen LogP contribution in [0.5, 0.6) is 5.75 Å². The van der Waals surface area contributed by atoms with Gasteiger partial charge < -0.3 is 25.8 Å². The summed E-state index contributed by atoms with van der Waals surface area (Å²) in [6, 6.07) is 6.29. The van der Waals surface area contributed by atoms with Gasteiger partial charge in [0.2, 0.25) is 0 Å². The smallest absolute Gasteiger partial charge is 0.481 e. The first-order valence-corrected chi connectivity index (χ1v) is 10.5. The molecule has 200 valence electrons. The first kappa shape index (κ1) is 30.7. The Labute approximate surface area is 208 Å². The molecule has 2 rings (SSSR count). The Morgan fingerprint density at radius 1 is 1.03 bits per heavy atom. The molecule has 0 amide bonds. The predicted molar refractivity (Wildman–Crippen MR) is 117 cm³/mol. The maximum absolute atomic E-state index is 14.0. The third-order valence-corrected chi connectivity index (χ3v) is 5.23. The van der Waals surface area contributed by atoms with Crippen molar-refractivity contribution < 1.29 is 61.6 Å². The summed E-state index contributed by atoms with van der Waals surface area (Å²) in [7, 11) is 0. The lowest BCUT2D eigenvalue weighted by Crippen LogP contribution is -2.21. The minimum absolute atomic E-state index is 0.0909. The number of esters is 1. The lowest BCUT2D eigenvalue weighted by molar-refractivity contribution is -0.192. The van der Waals surface area contributed by atoms with Gasteiger partial charge in [-0.05, 0) is 30.3 Å². The second-order valence-corrected chi connectivity index (χ2v) is 8.24. The summed E-state index contributed by atoms with van der Waals surface area (Å²) in [4.78, 5) is 55.4. The van der Waals surface area contributed by atoms with Crippen LogP contribution in [0.25, 0.3) is 0 Å². The Hall–Kier alpha value is -4.34. The number of benzene rings is 1. The summed E-state index contributed by atoms with van der Waals surface area (Å²) in [5.41, 5.74) is 5.39. The summed E-state index contributed by atoms with van der Waals surface area (Å²) in [6.45, 7) is 0. The van der Waals surface area contributed by atoms with E-state index in [0.29, 0.717) is 4.88 Å². The molecule has 6 N–H and O–H groups in total. The number of nitrogens with one attached hydrogen (secondary N) is 1. The minimum Gasteiger partial charge on any atom is -0.481 e. The van der Waals surface area contributed by atoms with Crippen LogP contribution >= 0.6 is 11.3 Å². The number of aliphatic carboxylic acids is 3. The van der Waals surface area contributed by atoms with Crippen molar-refractivity contribution in [3.63, 3.8) is 0 Å². The zero-order valence-electron chi connectivity index (χ0n) is 18.4. The summed E-state index contributed by atoms with van der Waals surface area (Å²) < 4.78 is 50.7. The van der Waals surface area contributed by atoms with Gasteiger partial charge in [-0.25, -0.2) is 14.0 Å². The van der Waals surface area contributed by atoms with Gasteiger partial charge >= 0.3 is 30.1 Å². The average molecular weight is 550 g/mol. The number of thiophene rings is 1. The number of nitrogen functional groups attached to an aromatic ring is 1. The van der Waals surface area contributed by atoms with Crippen LogP contribution in [0.4, 0.5) is 17.6 Å². The van der Waals surface area contributed by atoms with Crippen LogP contribution in [0.15, 0.2) is 30.3 Å². The number of alkyl halides is 3. The van der Waals surface area contributed by atoms with Gasteiger partial charge in [-0.15, -0.1) is 11.3 Å². The summed E-state index contributed by atoms with van der Waals surface area (Å²) in [6.07, 6.45) is -6.38. The van der Waals surface area contributed by atoms with Crippen LogP contribution in [0, 0.1) is 17.1 Å². The van der Waals surface area contributed by atoms with E-state index in [9.17, 15) is 36.7 Å². The van der Waals surface area contributed by atoms with Crippen molar-refractivity contribution in [3.8, 4) is 5.75 Å². The maximum atomic E-state index is 14.0. The molecule has 11 nitrogen and oxygen atoms in total. The third kappa shape index (κ3) is 10.4. The molecule has 0 radical (unpaired) electrons. The van der Waals surface area contributed by atoms with E-state index in [1.54, 1.807) is 0 Å². The zero-order chi connectivity index (χ0) is 28.5. The molecule has 1 aromatic heterocycles. The monoisotopic (exact) mass is 550 g/mol. The molecular weight excluding hydrogens is 532 g/mol. The van der Waals surface area contributed by atoms with E-state index in [0.717, 1.165) is 23.5 Å². The van der Waals surface area contributed by atoms with Crippen molar-refractivity contribution in [3.05, 3.63) is 51.5 Å². The number of ketones is 1. The van der Waals surface area contributed by atoms with Crippen LogP contribution in [-0.4, -0.2) is 57.0 Å². The highest BCUT2D eigenvalue weighted by atomic mass is 32.1. The number of Topliss-reactive ketones (excluding diaryl/α,β-unsaturated/α-hetero) is 1. The molecule has 1 aromatic carbocycles. The molecule has 0 spiro atoms. The number of carbonyl (C=O) groups excluding carboxylic acids is 2. The van der Waals surface area contributed by atoms with Gasteiger partial charge in [0.05, 0.1) is 12.3 Å². The Kier molecular flexibility index (Phi) is 10.9. The summed E-state index contributed by atoms with van der Waals surface area (Å²) in [5, 5.41) is 32.1. The fourth-order valence-electron chi connectivity index (χ4n) is 2.48. The number of hydrogen-bond acceptors (Lipinski definition) is 8. The number of hydrogen-bond donors (Lipinski definition) is 5. The van der Waals surface area contributed by atoms with Crippen molar-refractivity contribution in [1.82, 2.24) is 0 Å². The Morgan fingerprint density at radius 3 is 2.08 bits per heavy atom. The topological polar surface area (TPSA) is 205 Å². The van der Waals surface area contributed by atoms with E-state index in [-0.39, 0.29) is 28.4 Å². The summed E-state index contributed by atoms with van der Waals surface area (Å²) in [5.74, 6) is -9.70. The largest absolute Gasteiger partial charge is 0.490 e. The van der Waals surface area contributed by atoms with Gasteiger partial charge in [0.15, 0.2) is 11.6 Å². The predicted octanol–water partition coefficient (Wildman–Crippen LogP) is 2.70. The SMILES string of the molecule is N=C(N)c1ccc(OC(=O)c2ccc(CC(=O)C[C@@H](CC(=O)O)C(=O)O)s2)c(F)c1.O=C(O)C(F)(F)F. The van der Waals surface area contributed by atoms with Crippen LogP contribution in [-0.2, 0) is 25.6 Å². The molecule has 0 aliphatic heterocycles. The quantitative estimate of drug-likeness (QED) is 0.0961. The zero-order valence-corrected chi connectivity index (χ0v) is 19.2. The molecule has 0 saturated heterocycles. The van der Waals surface area contributed by atoms with Crippen LogP contribution < -0.4 is 10.5 Å². The molecule has 2 aromatic rings. The second kappa shape index (κ2) is 13.1. The van der Waals surface area contributed by atoms with Gasteiger partial charge in [0.1, 0.15) is 16.5 Å². The molecule has 0 unspecified atom stereocenters. The highest BCUT2D eigenvalue weighted by Gasteiger charge is 2.38. The lowest BCUT2D eigenvalue weighted by Gasteiger charge is -2.08. The van der Waals surface area contributed by atoms with Crippen molar-refractivity contribution in [2.45, 2.75) is 25.4 Å². The highest BCUT2D eigenvalue weighted by molar-refractivity contribution is 7.14. The Bertz CT molecular complexity index is 1210. The van der Waals surface area contributed by atoms with E-state index >= 15 is 0 Å². The Balaban J connectivity index is 0.000000856. The molecule has 0 aliphatic carbocycles. The first-order chi connectivity index (χ1) is 17.0. The first-order valence-electron chi connectivity index (χ1n) is 9.72. The standard InChI is InChI=1S/C19H17FN2O7S.C2HF3O2/c20-13-6-9(17(21)22)1-3-14(13)29-19(28)15-4-2-12(30-15)8-11(23)5-10(18(26)27)7-16(24)25;3-2(4,5)1(6)7/h1-4,6,10H,5,7-8H2,(H3,21,22)(H,24,25)(H,26,27);(H,6,7)/t10-;/m0./s1. The van der Waals surface area contributed by atoms with Gasteiger partial charge in [0.25, 0.3) is 0 Å². The fourth-order valence-corrected chi connectivity index (χ4v) is 3.40. The maximum Gasteiger partial charge on any atom is 0.490 e. The molecule has 1 heterocycles. The number of carboxylic acid groups (broad SMARTS) is 3. The number of carbonyl (C=O) groups is 5. The number of ether oxygens (including phenoxy) is 1. The molecule has 16 heteroatoms. The summed E-state index contributed by atoms with van der Waals surface area (Å²) >= 11 is 0.916. The van der Waals surface area contributed by atoms with E-state index < -0.39 is 60.4 Å². The second-order valence-electron chi connectivity index (χ2n) is 7.07. The Morgan fingerprint density at radius 2 is 1.62 bits per heavy atom. The molecule has 0 fully saturated rings. The fraction of sp³-hybridized carbons (Fsp3) is 0.238. The molecule has 0 aliphatic rings. The molecular formula is C21H18F4N2O9S. The number of rotatable bonds is 10. The number of nitrogens with two attached hydrogens (primary N) is 1. The van der Waals surface area contributed by atoms with E-state index in [1.165, 1.54) is 18.2 Å². The van der Waals surface area contributed by atoms with Crippen molar-refractivity contribution in [2.75, 3.05) is 0 Å². The van der Waals surface area contributed by atoms with Crippen molar-refractivity contribution in [1.29, 1.82) is 5.41 Å². The lowest BCUT2D eigenvalue weighted by atomic mass is 9.97.